The third kappa shape index (κ3) is 1.67. The van der Waals surface area contributed by atoms with Crippen LogP contribution in [0.1, 0.15) is 23.4 Å². The zero-order valence-corrected chi connectivity index (χ0v) is 10.4. The van der Waals surface area contributed by atoms with Gasteiger partial charge >= 0.3 is 0 Å². The highest BCUT2D eigenvalue weighted by Gasteiger charge is 2.22. The van der Waals surface area contributed by atoms with Crippen molar-refractivity contribution >= 4 is 11.6 Å². The van der Waals surface area contributed by atoms with Crippen LogP contribution in [0.25, 0.3) is 11.4 Å². The smallest absolute Gasteiger partial charge is 0.240 e. The molecule has 1 aliphatic rings. The lowest BCUT2D eigenvalue weighted by molar-refractivity contribution is 0.380. The number of rotatable bonds is 2. The maximum absolute atomic E-state index is 10.1. The Labute approximate surface area is 109 Å². The first-order valence-electron chi connectivity index (χ1n) is 5.77. The number of aryl methyl sites for hydroxylation is 1. The van der Waals surface area contributed by atoms with Crippen molar-refractivity contribution in [2.45, 2.75) is 25.8 Å². The summed E-state index contributed by atoms with van der Waals surface area (Å²) in [6.45, 7) is 0.173. The summed E-state index contributed by atoms with van der Waals surface area (Å²) in [5, 5.41) is 14.3. The second-order valence-corrected chi connectivity index (χ2v) is 4.67. The number of phenols is 1. The van der Waals surface area contributed by atoms with E-state index in [2.05, 4.69) is 10.1 Å². The van der Waals surface area contributed by atoms with Crippen LogP contribution >= 0.6 is 11.6 Å². The van der Waals surface area contributed by atoms with Gasteiger partial charge in [-0.15, -0.1) is 0 Å². The highest BCUT2D eigenvalue weighted by atomic mass is 35.5. The first kappa shape index (κ1) is 11.5. The summed E-state index contributed by atoms with van der Waals surface area (Å²) in [5.74, 6) is 0.673. The molecule has 0 saturated heterocycles. The molecule has 1 aromatic carbocycles. The average molecular weight is 266 g/mol. The summed E-state index contributed by atoms with van der Waals surface area (Å²) in [5.41, 5.74) is 8.09. The number of nitrogens with zero attached hydrogens (tertiary/aromatic N) is 2. The lowest BCUT2D eigenvalue weighted by Gasteiger charge is -2.08. The van der Waals surface area contributed by atoms with Gasteiger partial charge in [0.25, 0.3) is 0 Å². The highest BCUT2D eigenvalue weighted by molar-refractivity contribution is 6.33. The number of hydrogen-bond donors (Lipinski definition) is 2. The molecule has 0 spiro atoms. The van der Waals surface area contributed by atoms with Crippen LogP contribution in [0.3, 0.4) is 0 Å². The molecular weight excluding hydrogens is 254 g/mol. The predicted octanol–water partition coefficient (Wildman–Crippen LogP) is 2.04. The van der Waals surface area contributed by atoms with Crippen molar-refractivity contribution in [2.24, 2.45) is 5.73 Å². The van der Waals surface area contributed by atoms with Crippen molar-refractivity contribution in [3.05, 3.63) is 28.1 Å². The third-order valence-corrected chi connectivity index (χ3v) is 3.60. The van der Waals surface area contributed by atoms with E-state index in [4.69, 9.17) is 21.9 Å². The average Bonchev–Trinajstić information content (AvgIpc) is 3.01. The van der Waals surface area contributed by atoms with Crippen LogP contribution < -0.4 is 5.73 Å². The van der Waals surface area contributed by atoms with Crippen molar-refractivity contribution in [1.29, 1.82) is 0 Å². The Morgan fingerprint density at radius 1 is 1.44 bits per heavy atom. The fourth-order valence-corrected chi connectivity index (χ4v) is 2.62. The molecule has 0 bridgehead atoms. The van der Waals surface area contributed by atoms with Crippen LogP contribution in [-0.2, 0) is 19.4 Å². The van der Waals surface area contributed by atoms with Crippen molar-refractivity contribution in [2.75, 3.05) is 0 Å². The van der Waals surface area contributed by atoms with E-state index >= 15 is 0 Å². The van der Waals surface area contributed by atoms with Gasteiger partial charge in [0.15, 0.2) is 0 Å². The van der Waals surface area contributed by atoms with Gasteiger partial charge in [0, 0.05) is 0 Å². The lowest BCUT2D eigenvalue weighted by atomic mass is 10.0. The van der Waals surface area contributed by atoms with Gasteiger partial charge in [-0.3, -0.25) is 0 Å². The minimum absolute atomic E-state index is 0.0155. The molecule has 3 N–H and O–H groups in total. The SMILES string of the molecule is NCc1nc(-c2cc3c(c(Cl)c2O)CCC3)no1. The maximum Gasteiger partial charge on any atom is 0.240 e. The fraction of sp³-hybridized carbons (Fsp3) is 0.333. The third-order valence-electron chi connectivity index (χ3n) is 3.19. The van der Waals surface area contributed by atoms with Gasteiger partial charge in [0.05, 0.1) is 17.1 Å². The maximum atomic E-state index is 10.1. The van der Waals surface area contributed by atoms with Gasteiger partial charge in [-0.25, -0.2) is 0 Å². The zero-order valence-electron chi connectivity index (χ0n) is 9.61. The number of aromatic hydroxyl groups is 1. The minimum atomic E-state index is 0.0155. The van der Waals surface area contributed by atoms with E-state index in [9.17, 15) is 5.11 Å². The Morgan fingerprint density at radius 3 is 3.00 bits per heavy atom. The molecule has 3 rings (SSSR count). The molecule has 1 aromatic heterocycles. The predicted molar refractivity (Wildman–Crippen MR) is 66.3 cm³/mol. The molecule has 6 heteroatoms. The molecule has 2 aromatic rings. The largest absolute Gasteiger partial charge is 0.506 e. The van der Waals surface area contributed by atoms with E-state index in [0.29, 0.717) is 22.3 Å². The Kier molecular flexibility index (Phi) is 2.72. The topological polar surface area (TPSA) is 85.2 Å². The number of benzene rings is 1. The Bertz CT molecular complexity index is 610. The number of phenolic OH excluding ortho intramolecular Hbond substituents is 1. The molecule has 0 amide bonds. The molecule has 0 aliphatic heterocycles. The van der Waals surface area contributed by atoms with Crippen LogP contribution in [0.2, 0.25) is 5.02 Å². The van der Waals surface area contributed by atoms with Gasteiger partial charge in [-0.2, -0.15) is 4.98 Å². The molecule has 0 saturated carbocycles. The zero-order chi connectivity index (χ0) is 12.7. The van der Waals surface area contributed by atoms with Crippen molar-refractivity contribution in [1.82, 2.24) is 10.1 Å². The number of nitrogens with two attached hydrogens (primary N) is 1. The van der Waals surface area contributed by atoms with Crippen LogP contribution in [-0.4, -0.2) is 15.2 Å². The summed E-state index contributed by atoms with van der Waals surface area (Å²) in [6.07, 6.45) is 2.92. The molecule has 0 unspecified atom stereocenters. The van der Waals surface area contributed by atoms with E-state index < -0.39 is 0 Å². The summed E-state index contributed by atoms with van der Waals surface area (Å²) in [4.78, 5) is 4.10. The molecule has 0 fully saturated rings. The van der Waals surface area contributed by atoms with Gasteiger partial charge < -0.3 is 15.4 Å². The summed E-state index contributed by atoms with van der Waals surface area (Å²) < 4.78 is 4.94. The Balaban J connectivity index is 2.15. The second kappa shape index (κ2) is 4.26. The van der Waals surface area contributed by atoms with Gasteiger partial charge in [-0.05, 0) is 36.5 Å². The first-order valence-corrected chi connectivity index (χ1v) is 6.14. The summed E-state index contributed by atoms with van der Waals surface area (Å²) in [7, 11) is 0. The lowest BCUT2D eigenvalue weighted by Crippen LogP contribution is -1.96. The number of hydrogen-bond acceptors (Lipinski definition) is 5. The standard InChI is InChI=1S/C12H12ClN3O2/c13-10-7-3-1-2-6(7)4-8(11(10)17)12-15-9(5-14)18-16-12/h4,17H,1-3,5,14H2. The van der Waals surface area contributed by atoms with Crippen LogP contribution in [0.5, 0.6) is 5.75 Å². The molecule has 94 valence electrons. The van der Waals surface area contributed by atoms with Crippen LogP contribution in [0.4, 0.5) is 0 Å². The quantitative estimate of drug-likeness (QED) is 0.868. The Morgan fingerprint density at radius 2 is 2.28 bits per heavy atom. The monoisotopic (exact) mass is 265 g/mol. The molecular formula is C12H12ClN3O2. The van der Waals surface area contributed by atoms with Crippen LogP contribution in [0.15, 0.2) is 10.6 Å². The van der Waals surface area contributed by atoms with Gasteiger partial charge in [0.1, 0.15) is 5.75 Å². The molecule has 18 heavy (non-hydrogen) atoms. The minimum Gasteiger partial charge on any atom is -0.506 e. The normalized spacial score (nSPS) is 13.9. The molecule has 1 heterocycles. The molecule has 1 aliphatic carbocycles. The van der Waals surface area contributed by atoms with E-state index in [1.165, 1.54) is 0 Å². The first-order chi connectivity index (χ1) is 8.70. The molecule has 0 atom stereocenters. The van der Waals surface area contributed by atoms with Crippen LogP contribution in [0, 0.1) is 0 Å². The highest BCUT2D eigenvalue weighted by Crippen LogP contribution is 2.41. The van der Waals surface area contributed by atoms with Crippen molar-refractivity contribution < 1.29 is 9.63 Å². The van der Waals surface area contributed by atoms with Crippen molar-refractivity contribution in [3.63, 3.8) is 0 Å². The van der Waals surface area contributed by atoms with E-state index in [1.807, 2.05) is 6.07 Å². The summed E-state index contributed by atoms with van der Waals surface area (Å²) >= 11 is 6.17. The Hall–Kier alpha value is -1.59. The van der Waals surface area contributed by atoms with E-state index in [1.54, 1.807) is 0 Å². The van der Waals surface area contributed by atoms with Gasteiger partial charge in [-0.1, -0.05) is 16.8 Å². The van der Waals surface area contributed by atoms with E-state index in [-0.39, 0.29) is 12.3 Å². The number of aromatic nitrogens is 2. The second-order valence-electron chi connectivity index (χ2n) is 4.29. The molecule has 5 nitrogen and oxygen atoms in total. The summed E-state index contributed by atoms with van der Waals surface area (Å²) in [6, 6.07) is 1.88. The fourth-order valence-electron chi connectivity index (χ4n) is 2.30. The molecule has 0 radical (unpaired) electrons. The van der Waals surface area contributed by atoms with Gasteiger partial charge in [0.2, 0.25) is 11.7 Å². The number of halogens is 1. The van der Waals surface area contributed by atoms with Crippen molar-refractivity contribution in [3.8, 4) is 17.1 Å². The van der Waals surface area contributed by atoms with E-state index in [0.717, 1.165) is 30.4 Å². The number of fused-ring (bicyclic) bond motifs is 1.